The molecule has 20 heavy (non-hydrogen) atoms. The largest absolute Gasteiger partial charge is 0.497 e. The highest BCUT2D eigenvalue weighted by molar-refractivity contribution is 5.87. The maximum Gasteiger partial charge on any atom is 0.230 e. The summed E-state index contributed by atoms with van der Waals surface area (Å²) in [6.45, 7) is 0. The van der Waals surface area contributed by atoms with Crippen molar-refractivity contribution in [2.45, 2.75) is 0 Å². The number of benzene rings is 2. The van der Waals surface area contributed by atoms with Crippen molar-refractivity contribution in [3.63, 3.8) is 0 Å². The molecule has 4 heteroatoms. The molecule has 3 aromatic rings. The van der Waals surface area contributed by atoms with Crippen LogP contribution in [0.2, 0.25) is 0 Å². The van der Waals surface area contributed by atoms with Crippen LogP contribution in [0.15, 0.2) is 59.1 Å². The zero-order valence-corrected chi connectivity index (χ0v) is 11.0. The molecule has 0 fully saturated rings. The van der Waals surface area contributed by atoms with Crippen LogP contribution in [-0.4, -0.2) is 12.3 Å². The predicted octanol–water partition coefficient (Wildman–Crippen LogP) is 3.60. The van der Waals surface area contributed by atoms with Gasteiger partial charge in [0.1, 0.15) is 11.4 Å². The second-order valence-electron chi connectivity index (χ2n) is 4.37. The zero-order chi connectivity index (χ0) is 13.9. The quantitative estimate of drug-likeness (QED) is 0.786. The highest BCUT2D eigenvalue weighted by atomic mass is 16.5. The van der Waals surface area contributed by atoms with Crippen LogP contribution in [0.4, 0.5) is 5.88 Å². The molecule has 0 amide bonds. The maximum atomic E-state index is 5.93. The first-order valence-corrected chi connectivity index (χ1v) is 6.24. The number of hydrogen-bond acceptors (Lipinski definition) is 4. The summed E-state index contributed by atoms with van der Waals surface area (Å²) in [6, 6.07) is 17.5. The smallest absolute Gasteiger partial charge is 0.230 e. The Kier molecular flexibility index (Phi) is 3.13. The molecule has 0 saturated heterocycles. The summed E-state index contributed by atoms with van der Waals surface area (Å²) in [5.41, 5.74) is 9.33. The fraction of sp³-hybridized carbons (Fsp3) is 0.0625. The molecule has 0 unspecified atom stereocenters. The van der Waals surface area contributed by atoms with Gasteiger partial charge in [0.2, 0.25) is 5.88 Å². The minimum absolute atomic E-state index is 0.303. The normalized spacial score (nSPS) is 10.4. The molecule has 0 aliphatic rings. The fourth-order valence-corrected chi connectivity index (χ4v) is 2.15. The van der Waals surface area contributed by atoms with Crippen molar-refractivity contribution in [3.8, 4) is 28.1 Å². The fourth-order valence-electron chi connectivity index (χ4n) is 2.15. The van der Waals surface area contributed by atoms with E-state index in [1.165, 1.54) is 0 Å². The molecule has 1 heterocycles. The minimum atomic E-state index is 0.303. The first-order chi connectivity index (χ1) is 9.79. The second-order valence-corrected chi connectivity index (χ2v) is 4.37. The van der Waals surface area contributed by atoms with Crippen LogP contribution in [-0.2, 0) is 0 Å². The van der Waals surface area contributed by atoms with Crippen molar-refractivity contribution in [1.29, 1.82) is 0 Å². The van der Waals surface area contributed by atoms with Gasteiger partial charge in [-0.15, -0.1) is 0 Å². The zero-order valence-electron chi connectivity index (χ0n) is 11.0. The number of anilines is 1. The van der Waals surface area contributed by atoms with Crippen molar-refractivity contribution >= 4 is 5.88 Å². The van der Waals surface area contributed by atoms with E-state index in [0.717, 1.165) is 28.1 Å². The van der Waals surface area contributed by atoms with E-state index in [4.69, 9.17) is 15.0 Å². The second kappa shape index (κ2) is 5.09. The number of nitrogens with two attached hydrogens (primary N) is 1. The van der Waals surface area contributed by atoms with Gasteiger partial charge in [-0.05, 0) is 17.7 Å². The molecule has 4 nitrogen and oxygen atoms in total. The molecular formula is C16H14N2O2. The van der Waals surface area contributed by atoms with Crippen molar-refractivity contribution in [1.82, 2.24) is 5.16 Å². The van der Waals surface area contributed by atoms with Crippen molar-refractivity contribution < 1.29 is 9.26 Å². The van der Waals surface area contributed by atoms with Gasteiger partial charge in [-0.25, -0.2) is 0 Å². The van der Waals surface area contributed by atoms with Crippen molar-refractivity contribution in [3.05, 3.63) is 54.6 Å². The van der Waals surface area contributed by atoms with Gasteiger partial charge < -0.3 is 15.0 Å². The van der Waals surface area contributed by atoms with Gasteiger partial charge >= 0.3 is 0 Å². The lowest BCUT2D eigenvalue weighted by molar-refractivity contribution is 0.415. The molecule has 100 valence electrons. The summed E-state index contributed by atoms with van der Waals surface area (Å²) in [7, 11) is 1.63. The highest BCUT2D eigenvalue weighted by Crippen LogP contribution is 2.37. The first kappa shape index (κ1) is 12.3. The van der Waals surface area contributed by atoms with E-state index in [-0.39, 0.29) is 0 Å². The Bertz CT molecular complexity index is 720. The number of rotatable bonds is 3. The first-order valence-electron chi connectivity index (χ1n) is 6.24. The number of nitrogen functional groups attached to an aromatic ring is 1. The number of methoxy groups -OCH3 is 1. The van der Waals surface area contributed by atoms with Crippen LogP contribution in [0, 0.1) is 0 Å². The van der Waals surface area contributed by atoms with Crippen LogP contribution < -0.4 is 10.5 Å². The van der Waals surface area contributed by atoms with Crippen LogP contribution in [0.3, 0.4) is 0 Å². The Hall–Kier alpha value is -2.75. The van der Waals surface area contributed by atoms with Crippen molar-refractivity contribution in [2.75, 3.05) is 12.8 Å². The van der Waals surface area contributed by atoms with Gasteiger partial charge in [0, 0.05) is 5.56 Å². The lowest BCUT2D eigenvalue weighted by Crippen LogP contribution is -1.89. The lowest BCUT2D eigenvalue weighted by atomic mass is 10.0. The monoisotopic (exact) mass is 266 g/mol. The Morgan fingerprint density at radius 3 is 2.50 bits per heavy atom. The van der Waals surface area contributed by atoms with E-state index in [2.05, 4.69) is 5.16 Å². The van der Waals surface area contributed by atoms with E-state index < -0.39 is 0 Å². The van der Waals surface area contributed by atoms with Crippen LogP contribution in [0.5, 0.6) is 5.75 Å². The van der Waals surface area contributed by atoms with E-state index in [9.17, 15) is 0 Å². The van der Waals surface area contributed by atoms with Crippen LogP contribution >= 0.6 is 0 Å². The molecule has 0 atom stereocenters. The van der Waals surface area contributed by atoms with Crippen LogP contribution in [0.1, 0.15) is 0 Å². The third-order valence-electron chi connectivity index (χ3n) is 3.12. The molecule has 0 aliphatic carbocycles. The van der Waals surface area contributed by atoms with Gasteiger partial charge in [0.25, 0.3) is 0 Å². The van der Waals surface area contributed by atoms with Crippen molar-refractivity contribution in [2.24, 2.45) is 0 Å². The topological polar surface area (TPSA) is 61.3 Å². The summed E-state index contributed by atoms with van der Waals surface area (Å²) in [6.07, 6.45) is 0. The molecule has 0 bridgehead atoms. The molecule has 0 radical (unpaired) electrons. The van der Waals surface area contributed by atoms with E-state index in [1.54, 1.807) is 7.11 Å². The standard InChI is InChI=1S/C16H14N2O2/c1-19-13-9-5-8-12(10-13)14-15(18-20-16(14)17)11-6-3-2-4-7-11/h2-10H,17H2,1H3. The highest BCUT2D eigenvalue weighted by Gasteiger charge is 2.17. The molecule has 3 rings (SSSR count). The Labute approximate surface area is 116 Å². The summed E-state index contributed by atoms with van der Waals surface area (Å²) < 4.78 is 10.4. The SMILES string of the molecule is COc1cccc(-c2c(-c3ccccc3)noc2N)c1. The summed E-state index contributed by atoms with van der Waals surface area (Å²) >= 11 is 0. The van der Waals surface area contributed by atoms with E-state index in [1.807, 2.05) is 54.6 Å². The molecule has 2 N–H and O–H groups in total. The molecule has 1 aromatic heterocycles. The molecule has 0 spiro atoms. The van der Waals surface area contributed by atoms with Gasteiger partial charge in [0.15, 0.2) is 0 Å². The molecule has 0 aliphatic heterocycles. The third-order valence-corrected chi connectivity index (χ3v) is 3.12. The Morgan fingerprint density at radius 2 is 1.75 bits per heavy atom. The average molecular weight is 266 g/mol. The maximum absolute atomic E-state index is 5.93. The molecular weight excluding hydrogens is 252 g/mol. The van der Waals surface area contributed by atoms with Crippen LogP contribution in [0.25, 0.3) is 22.4 Å². The van der Waals surface area contributed by atoms with E-state index in [0.29, 0.717) is 5.88 Å². The number of nitrogens with zero attached hydrogens (tertiary/aromatic N) is 1. The third kappa shape index (κ3) is 2.12. The molecule has 2 aromatic carbocycles. The number of hydrogen-bond donors (Lipinski definition) is 1. The lowest BCUT2D eigenvalue weighted by Gasteiger charge is -2.05. The average Bonchev–Trinajstić information content (AvgIpc) is 2.90. The minimum Gasteiger partial charge on any atom is -0.497 e. The molecule has 0 saturated carbocycles. The van der Waals surface area contributed by atoms with Gasteiger partial charge in [-0.2, -0.15) is 0 Å². The number of aromatic nitrogens is 1. The Morgan fingerprint density at radius 1 is 1.00 bits per heavy atom. The predicted molar refractivity (Wildman–Crippen MR) is 78.3 cm³/mol. The van der Waals surface area contributed by atoms with Gasteiger partial charge in [0.05, 0.1) is 12.7 Å². The summed E-state index contributed by atoms with van der Waals surface area (Å²) in [5, 5.41) is 4.08. The summed E-state index contributed by atoms with van der Waals surface area (Å²) in [5.74, 6) is 1.07. The Balaban J connectivity index is 2.16. The van der Waals surface area contributed by atoms with Gasteiger partial charge in [-0.1, -0.05) is 47.6 Å². The van der Waals surface area contributed by atoms with Gasteiger partial charge in [-0.3, -0.25) is 0 Å². The number of ether oxygens (including phenoxy) is 1. The summed E-state index contributed by atoms with van der Waals surface area (Å²) in [4.78, 5) is 0. The van der Waals surface area contributed by atoms with E-state index >= 15 is 0 Å².